The Labute approximate surface area is 176 Å². The SMILES string of the molecule is COc1cccc2c1[C@H](O)C1(CC23Oc2cc(C)cc4ccc(O)c3c24)C(C)C1C. The Kier molecular flexibility index (Phi) is 3.31. The molecule has 3 aromatic rings. The third-order valence-corrected chi connectivity index (χ3v) is 8.29. The number of aliphatic hydroxyl groups excluding tert-OH is 1. The summed E-state index contributed by atoms with van der Waals surface area (Å²) >= 11 is 0. The summed E-state index contributed by atoms with van der Waals surface area (Å²) in [6.07, 6.45) is -0.000900. The molecule has 154 valence electrons. The number of methoxy groups -OCH3 is 1. The Morgan fingerprint density at radius 3 is 2.57 bits per heavy atom. The molecule has 1 saturated carbocycles. The van der Waals surface area contributed by atoms with Crippen LogP contribution in [-0.4, -0.2) is 17.3 Å². The third kappa shape index (κ3) is 1.87. The van der Waals surface area contributed by atoms with E-state index in [4.69, 9.17) is 9.47 Å². The van der Waals surface area contributed by atoms with Crippen molar-refractivity contribution in [1.82, 2.24) is 0 Å². The molecule has 1 aliphatic heterocycles. The first-order chi connectivity index (χ1) is 14.3. The van der Waals surface area contributed by atoms with Crippen LogP contribution in [0.2, 0.25) is 0 Å². The lowest BCUT2D eigenvalue weighted by atomic mass is 9.65. The number of phenols is 1. The molecule has 1 fully saturated rings. The lowest BCUT2D eigenvalue weighted by Gasteiger charge is -2.44. The Hall–Kier alpha value is -2.72. The Morgan fingerprint density at radius 2 is 1.87 bits per heavy atom. The molecule has 2 spiro atoms. The first-order valence-corrected chi connectivity index (χ1v) is 10.7. The van der Waals surface area contributed by atoms with E-state index in [9.17, 15) is 10.2 Å². The summed E-state index contributed by atoms with van der Waals surface area (Å²) < 4.78 is 12.5. The van der Waals surface area contributed by atoms with Crippen LogP contribution in [0, 0.1) is 24.2 Å². The predicted octanol–water partition coefficient (Wildman–Crippen LogP) is 5.21. The number of phenolic OH excluding ortho intramolecular Hbond substituents is 1. The summed E-state index contributed by atoms with van der Waals surface area (Å²) in [5.41, 5.74) is 2.47. The molecule has 0 aromatic heterocycles. The second-order valence-electron chi connectivity index (χ2n) is 9.44. The fraction of sp³-hybridized carbons (Fsp3) is 0.385. The van der Waals surface area contributed by atoms with Crippen molar-refractivity contribution >= 4 is 10.8 Å². The van der Waals surface area contributed by atoms with E-state index in [1.54, 1.807) is 13.2 Å². The second-order valence-corrected chi connectivity index (χ2v) is 9.44. The minimum Gasteiger partial charge on any atom is -0.507 e. The Morgan fingerprint density at radius 1 is 1.10 bits per heavy atom. The first-order valence-electron chi connectivity index (χ1n) is 10.7. The second kappa shape index (κ2) is 5.50. The minimum absolute atomic E-state index is 0.242. The number of aryl methyl sites for hydroxylation is 1. The van der Waals surface area contributed by atoms with Crippen LogP contribution in [0.1, 0.15) is 48.6 Å². The fourth-order valence-electron chi connectivity index (χ4n) is 6.56. The zero-order valence-corrected chi connectivity index (χ0v) is 17.7. The summed E-state index contributed by atoms with van der Waals surface area (Å²) in [5, 5.41) is 24.7. The monoisotopic (exact) mass is 402 g/mol. The van der Waals surface area contributed by atoms with Crippen molar-refractivity contribution in [2.75, 3.05) is 7.11 Å². The number of benzene rings is 3. The van der Waals surface area contributed by atoms with Crippen molar-refractivity contribution in [3.05, 3.63) is 64.7 Å². The van der Waals surface area contributed by atoms with Crippen LogP contribution in [0.4, 0.5) is 0 Å². The fourth-order valence-corrected chi connectivity index (χ4v) is 6.56. The molecule has 1 heterocycles. The number of rotatable bonds is 1. The van der Waals surface area contributed by atoms with Crippen LogP contribution in [0.25, 0.3) is 10.8 Å². The molecule has 6 rings (SSSR count). The lowest BCUT2D eigenvalue weighted by molar-refractivity contribution is -0.0144. The summed E-state index contributed by atoms with van der Waals surface area (Å²) in [7, 11) is 1.64. The van der Waals surface area contributed by atoms with Gasteiger partial charge in [-0.3, -0.25) is 0 Å². The molecule has 3 unspecified atom stereocenters. The Bertz CT molecular complexity index is 1220. The molecule has 2 N–H and O–H groups in total. The maximum atomic E-state index is 11.6. The molecular formula is C26H26O4. The topological polar surface area (TPSA) is 58.9 Å². The molecule has 0 bridgehead atoms. The van der Waals surface area contributed by atoms with E-state index in [0.717, 1.165) is 38.8 Å². The number of hydrogen-bond acceptors (Lipinski definition) is 4. The summed E-state index contributed by atoms with van der Waals surface area (Å²) in [6, 6.07) is 13.8. The molecule has 0 radical (unpaired) electrons. The zero-order chi connectivity index (χ0) is 21.0. The first kappa shape index (κ1) is 18.1. The molecule has 2 aliphatic carbocycles. The van der Waals surface area contributed by atoms with Crippen molar-refractivity contribution in [3.63, 3.8) is 0 Å². The van der Waals surface area contributed by atoms with E-state index in [-0.39, 0.29) is 11.2 Å². The molecular weight excluding hydrogens is 376 g/mol. The van der Waals surface area contributed by atoms with Gasteiger partial charge in [0.15, 0.2) is 5.60 Å². The van der Waals surface area contributed by atoms with Crippen molar-refractivity contribution < 1.29 is 19.7 Å². The molecule has 4 nitrogen and oxygen atoms in total. The van der Waals surface area contributed by atoms with Gasteiger partial charge in [-0.25, -0.2) is 0 Å². The number of fused-ring (bicyclic) bond motifs is 3. The maximum Gasteiger partial charge on any atom is 0.164 e. The number of hydrogen-bond donors (Lipinski definition) is 2. The van der Waals surface area contributed by atoms with Crippen molar-refractivity contribution in [1.29, 1.82) is 0 Å². The molecule has 0 saturated heterocycles. The highest BCUT2D eigenvalue weighted by Crippen LogP contribution is 2.75. The van der Waals surface area contributed by atoms with Crippen LogP contribution in [-0.2, 0) is 5.60 Å². The van der Waals surface area contributed by atoms with E-state index < -0.39 is 11.7 Å². The van der Waals surface area contributed by atoms with Crippen LogP contribution in [0.5, 0.6) is 17.2 Å². The van der Waals surface area contributed by atoms with E-state index in [2.05, 4.69) is 32.9 Å². The van der Waals surface area contributed by atoms with E-state index in [1.807, 2.05) is 24.3 Å². The average molecular weight is 402 g/mol. The smallest absolute Gasteiger partial charge is 0.164 e. The van der Waals surface area contributed by atoms with Crippen LogP contribution < -0.4 is 9.47 Å². The van der Waals surface area contributed by atoms with Gasteiger partial charge in [0.05, 0.1) is 18.8 Å². The van der Waals surface area contributed by atoms with Gasteiger partial charge >= 0.3 is 0 Å². The van der Waals surface area contributed by atoms with Crippen LogP contribution >= 0.6 is 0 Å². The number of aromatic hydroxyl groups is 1. The van der Waals surface area contributed by atoms with E-state index in [0.29, 0.717) is 24.0 Å². The quantitative estimate of drug-likeness (QED) is 0.587. The van der Waals surface area contributed by atoms with Gasteiger partial charge in [-0.2, -0.15) is 0 Å². The van der Waals surface area contributed by atoms with Crippen LogP contribution in [0.15, 0.2) is 42.5 Å². The number of ether oxygens (including phenoxy) is 2. The molecule has 3 aromatic carbocycles. The average Bonchev–Trinajstić information content (AvgIpc) is 3.07. The van der Waals surface area contributed by atoms with Gasteiger partial charge in [0.2, 0.25) is 0 Å². The molecule has 4 atom stereocenters. The normalized spacial score (nSPS) is 33.0. The van der Waals surface area contributed by atoms with Crippen molar-refractivity contribution in [2.45, 2.75) is 38.9 Å². The molecule has 30 heavy (non-hydrogen) atoms. The van der Waals surface area contributed by atoms with Crippen LogP contribution in [0.3, 0.4) is 0 Å². The van der Waals surface area contributed by atoms with Gasteiger partial charge in [0, 0.05) is 28.3 Å². The maximum absolute atomic E-state index is 11.6. The highest BCUT2D eigenvalue weighted by Gasteiger charge is 2.71. The lowest BCUT2D eigenvalue weighted by Crippen LogP contribution is -2.43. The summed E-state index contributed by atoms with van der Waals surface area (Å²) in [5.74, 6) is 2.41. The number of aliphatic hydroxyl groups is 1. The highest BCUT2D eigenvalue weighted by atomic mass is 16.5. The van der Waals surface area contributed by atoms with Gasteiger partial charge in [0.1, 0.15) is 17.2 Å². The Balaban J connectivity index is 1.73. The third-order valence-electron chi connectivity index (χ3n) is 8.29. The highest BCUT2D eigenvalue weighted by molar-refractivity contribution is 5.97. The van der Waals surface area contributed by atoms with Crippen molar-refractivity contribution in [2.24, 2.45) is 17.3 Å². The standard InChI is InChI=1S/C26H26O4/c1-13-10-16-8-9-18(27)23-21(16)20(11-13)30-26(23)12-25(14(2)15(25)3)24(28)22-17(26)6-5-7-19(22)29-4/h5-11,14-15,24,27-28H,12H2,1-4H3/t14?,15?,24-,25?,26?/m0/s1. The molecule has 4 heteroatoms. The predicted molar refractivity (Wildman–Crippen MR) is 115 cm³/mol. The van der Waals surface area contributed by atoms with Gasteiger partial charge in [-0.15, -0.1) is 0 Å². The molecule has 3 aliphatic rings. The van der Waals surface area contributed by atoms with E-state index in [1.165, 1.54) is 0 Å². The van der Waals surface area contributed by atoms with Gasteiger partial charge in [0.25, 0.3) is 0 Å². The largest absolute Gasteiger partial charge is 0.507 e. The summed E-state index contributed by atoms with van der Waals surface area (Å²) in [6.45, 7) is 6.47. The zero-order valence-electron chi connectivity index (χ0n) is 17.7. The van der Waals surface area contributed by atoms with Crippen molar-refractivity contribution in [3.8, 4) is 17.2 Å². The minimum atomic E-state index is -0.845. The summed E-state index contributed by atoms with van der Waals surface area (Å²) in [4.78, 5) is 0. The van der Waals surface area contributed by atoms with E-state index >= 15 is 0 Å². The van der Waals surface area contributed by atoms with Gasteiger partial charge in [-0.05, 0) is 47.9 Å². The molecule has 0 amide bonds. The van der Waals surface area contributed by atoms with Gasteiger partial charge in [-0.1, -0.05) is 38.1 Å². The van der Waals surface area contributed by atoms with Gasteiger partial charge < -0.3 is 19.7 Å².